The van der Waals surface area contributed by atoms with E-state index >= 15 is 0 Å². The number of thiazole rings is 1. The lowest BCUT2D eigenvalue weighted by Crippen LogP contribution is -1.75. The number of hydrogen-bond acceptors (Lipinski definition) is 3. The molecule has 0 radical (unpaired) electrons. The Labute approximate surface area is 76.3 Å². The fourth-order valence-corrected chi connectivity index (χ4v) is 1.47. The van der Waals surface area contributed by atoms with Crippen molar-refractivity contribution >= 4 is 21.7 Å². The smallest absolute Gasteiger partial charge is 0.143 e. The second kappa shape index (κ2) is 4.16. The number of hydrogen-bond donors (Lipinski definition) is 0. The summed E-state index contributed by atoms with van der Waals surface area (Å²) in [5.41, 5.74) is 3.99. The van der Waals surface area contributed by atoms with Gasteiger partial charge in [-0.15, -0.1) is 11.3 Å². The Hall–Kier alpha value is -0.960. The maximum absolute atomic E-state index is 4.20. The predicted octanol–water partition coefficient (Wildman–Crippen LogP) is 3.03. The molecule has 0 spiro atoms. The number of fused-ring (bicyclic) bond motifs is 1. The molecule has 0 unspecified atom stereocenters. The molecule has 0 saturated carbocycles. The van der Waals surface area contributed by atoms with Crippen LogP contribution in [0.25, 0.3) is 10.3 Å². The highest BCUT2D eigenvalue weighted by Gasteiger charge is 1.95. The highest BCUT2D eigenvalue weighted by molar-refractivity contribution is 7.16. The Balaban J connectivity index is 0.000000336. The van der Waals surface area contributed by atoms with E-state index in [4.69, 9.17) is 0 Å². The second-order valence-corrected chi connectivity index (χ2v) is 3.02. The normalized spacial score (nSPS) is 9.25. The summed E-state index contributed by atoms with van der Waals surface area (Å²) in [6.45, 7) is 6.02. The van der Waals surface area contributed by atoms with Gasteiger partial charge in [-0.3, -0.25) is 0 Å². The standard InChI is InChI=1S/C7H6N2S.C2H6/c1-5-2-6-7(8-3-5)10-4-9-6;1-2/h2-4H,1H3;1-2H3. The minimum Gasteiger partial charge on any atom is -0.243 e. The first-order chi connectivity index (χ1) is 5.86. The van der Waals surface area contributed by atoms with Gasteiger partial charge < -0.3 is 0 Å². The topological polar surface area (TPSA) is 25.8 Å². The fraction of sp³-hybridized carbons (Fsp3) is 0.333. The molecule has 0 N–H and O–H groups in total. The van der Waals surface area contributed by atoms with Crippen LogP contribution >= 0.6 is 11.3 Å². The Morgan fingerprint density at radius 3 is 2.75 bits per heavy atom. The molecule has 2 rings (SSSR count). The fourth-order valence-electron chi connectivity index (χ4n) is 0.858. The van der Waals surface area contributed by atoms with Gasteiger partial charge in [-0.05, 0) is 18.6 Å². The third-order valence-corrected chi connectivity index (χ3v) is 2.07. The Bertz CT molecular complexity index is 354. The molecule has 0 amide bonds. The van der Waals surface area contributed by atoms with Gasteiger partial charge in [0.2, 0.25) is 0 Å². The lowest BCUT2D eigenvalue weighted by Gasteiger charge is -1.87. The van der Waals surface area contributed by atoms with E-state index in [0.717, 1.165) is 10.3 Å². The molecule has 0 saturated heterocycles. The van der Waals surface area contributed by atoms with Crippen LogP contribution in [0, 0.1) is 6.92 Å². The van der Waals surface area contributed by atoms with Crippen molar-refractivity contribution < 1.29 is 0 Å². The van der Waals surface area contributed by atoms with Gasteiger partial charge >= 0.3 is 0 Å². The van der Waals surface area contributed by atoms with Crippen molar-refractivity contribution in [2.75, 3.05) is 0 Å². The van der Waals surface area contributed by atoms with Crippen molar-refractivity contribution in [2.45, 2.75) is 20.8 Å². The van der Waals surface area contributed by atoms with Crippen LogP contribution in [0.3, 0.4) is 0 Å². The molecule has 0 aliphatic heterocycles. The molecule has 0 atom stereocenters. The van der Waals surface area contributed by atoms with Crippen molar-refractivity contribution in [3.8, 4) is 0 Å². The number of rotatable bonds is 0. The molecule has 2 aromatic heterocycles. The van der Waals surface area contributed by atoms with E-state index in [9.17, 15) is 0 Å². The summed E-state index contributed by atoms with van der Waals surface area (Å²) in [5.74, 6) is 0. The van der Waals surface area contributed by atoms with Crippen LogP contribution in [0.1, 0.15) is 19.4 Å². The van der Waals surface area contributed by atoms with Crippen LogP contribution in [0.5, 0.6) is 0 Å². The highest BCUT2D eigenvalue weighted by atomic mass is 32.1. The van der Waals surface area contributed by atoms with Gasteiger partial charge in [-0.1, -0.05) is 13.8 Å². The zero-order valence-electron chi connectivity index (χ0n) is 7.53. The average Bonchev–Trinajstić information content (AvgIpc) is 2.54. The largest absolute Gasteiger partial charge is 0.243 e. The van der Waals surface area contributed by atoms with E-state index in [1.807, 2.05) is 38.5 Å². The summed E-state index contributed by atoms with van der Waals surface area (Å²) in [4.78, 5) is 9.35. The van der Waals surface area contributed by atoms with Gasteiger partial charge in [-0.2, -0.15) is 0 Å². The Morgan fingerprint density at radius 1 is 1.25 bits per heavy atom. The van der Waals surface area contributed by atoms with E-state index < -0.39 is 0 Å². The van der Waals surface area contributed by atoms with Crippen LogP contribution in [0.4, 0.5) is 0 Å². The molecule has 2 heterocycles. The van der Waals surface area contributed by atoms with Crippen LogP contribution < -0.4 is 0 Å². The summed E-state index contributed by atoms with van der Waals surface area (Å²) in [6, 6.07) is 2.04. The van der Waals surface area contributed by atoms with Gasteiger partial charge in [0.05, 0.1) is 5.51 Å². The first-order valence-corrected chi connectivity index (χ1v) is 4.90. The van der Waals surface area contributed by atoms with Crippen LogP contribution in [-0.4, -0.2) is 9.97 Å². The molecule has 0 bridgehead atoms. The lowest BCUT2D eigenvalue weighted by atomic mass is 10.3. The maximum atomic E-state index is 4.20. The van der Waals surface area contributed by atoms with E-state index in [2.05, 4.69) is 9.97 Å². The zero-order chi connectivity index (χ0) is 8.97. The van der Waals surface area contributed by atoms with E-state index in [1.165, 1.54) is 5.56 Å². The van der Waals surface area contributed by atoms with E-state index in [-0.39, 0.29) is 0 Å². The van der Waals surface area contributed by atoms with Crippen LogP contribution in [0.2, 0.25) is 0 Å². The van der Waals surface area contributed by atoms with Gasteiger partial charge in [0.25, 0.3) is 0 Å². The first-order valence-electron chi connectivity index (χ1n) is 4.02. The minimum absolute atomic E-state index is 1.00. The van der Waals surface area contributed by atoms with Gasteiger partial charge in [0.1, 0.15) is 10.3 Å². The highest BCUT2D eigenvalue weighted by Crippen LogP contribution is 2.14. The SMILES string of the molecule is CC.Cc1cnc2scnc2c1. The second-order valence-electron chi connectivity index (χ2n) is 2.19. The molecule has 64 valence electrons. The lowest BCUT2D eigenvalue weighted by molar-refractivity contribution is 1.33. The summed E-state index contributed by atoms with van der Waals surface area (Å²) in [6.07, 6.45) is 1.86. The van der Waals surface area contributed by atoms with Crippen molar-refractivity contribution in [1.29, 1.82) is 0 Å². The van der Waals surface area contributed by atoms with Gasteiger partial charge in [0.15, 0.2) is 0 Å². The van der Waals surface area contributed by atoms with Crippen molar-refractivity contribution in [2.24, 2.45) is 0 Å². The molecule has 0 fully saturated rings. The van der Waals surface area contributed by atoms with Crippen LogP contribution in [0.15, 0.2) is 17.8 Å². The summed E-state index contributed by atoms with van der Waals surface area (Å²) < 4.78 is 0. The van der Waals surface area contributed by atoms with Crippen molar-refractivity contribution in [1.82, 2.24) is 9.97 Å². The number of aromatic nitrogens is 2. The number of aryl methyl sites for hydroxylation is 1. The van der Waals surface area contributed by atoms with E-state index in [1.54, 1.807) is 11.3 Å². The Kier molecular flexibility index (Phi) is 3.17. The van der Waals surface area contributed by atoms with Crippen molar-refractivity contribution in [3.63, 3.8) is 0 Å². The molecule has 0 aliphatic carbocycles. The Morgan fingerprint density at radius 2 is 2.00 bits per heavy atom. The average molecular weight is 180 g/mol. The minimum atomic E-state index is 1.00. The first kappa shape index (κ1) is 9.13. The third-order valence-electron chi connectivity index (χ3n) is 1.33. The molecule has 2 aromatic rings. The molecule has 12 heavy (non-hydrogen) atoms. The third kappa shape index (κ3) is 1.80. The molecule has 3 heteroatoms. The monoisotopic (exact) mass is 180 g/mol. The molecular weight excluding hydrogens is 168 g/mol. The summed E-state index contributed by atoms with van der Waals surface area (Å²) in [5, 5.41) is 0. The van der Waals surface area contributed by atoms with Crippen LogP contribution in [-0.2, 0) is 0 Å². The number of nitrogens with zero attached hydrogens (tertiary/aromatic N) is 2. The molecular formula is C9H12N2S. The quantitative estimate of drug-likeness (QED) is 0.622. The van der Waals surface area contributed by atoms with Gasteiger partial charge in [-0.25, -0.2) is 9.97 Å². The van der Waals surface area contributed by atoms with Crippen molar-refractivity contribution in [3.05, 3.63) is 23.3 Å². The van der Waals surface area contributed by atoms with Gasteiger partial charge in [0, 0.05) is 6.20 Å². The predicted molar refractivity (Wildman–Crippen MR) is 53.5 cm³/mol. The maximum Gasteiger partial charge on any atom is 0.143 e. The molecule has 0 aromatic carbocycles. The molecule has 0 aliphatic rings. The van der Waals surface area contributed by atoms with E-state index in [0.29, 0.717) is 0 Å². The summed E-state index contributed by atoms with van der Waals surface area (Å²) in [7, 11) is 0. The summed E-state index contributed by atoms with van der Waals surface area (Å²) >= 11 is 1.57. The number of pyridine rings is 1. The zero-order valence-corrected chi connectivity index (χ0v) is 8.35. The molecule has 2 nitrogen and oxygen atoms in total.